The van der Waals surface area contributed by atoms with Gasteiger partial charge in [0.25, 0.3) is 5.91 Å². The summed E-state index contributed by atoms with van der Waals surface area (Å²) in [6.45, 7) is 0. The lowest BCUT2D eigenvalue weighted by atomic mass is 10.2. The lowest BCUT2D eigenvalue weighted by Gasteiger charge is -2.09. The molecule has 2 aromatic rings. The van der Waals surface area contributed by atoms with E-state index < -0.39 is 0 Å². The lowest BCUT2D eigenvalue weighted by Crippen LogP contribution is -2.34. The number of amides is 1. The van der Waals surface area contributed by atoms with Crippen LogP contribution in [0, 0.1) is 0 Å². The fourth-order valence-corrected chi connectivity index (χ4v) is 2.22. The van der Waals surface area contributed by atoms with Gasteiger partial charge in [-0.1, -0.05) is 18.2 Å². The third-order valence-electron chi connectivity index (χ3n) is 2.61. The van der Waals surface area contributed by atoms with Crippen LogP contribution in [0.2, 0.25) is 0 Å². The number of nitrogens with one attached hydrogen (secondary N) is 2. The van der Waals surface area contributed by atoms with Gasteiger partial charge in [-0.15, -0.1) is 11.8 Å². The Labute approximate surface area is 127 Å². The molecule has 0 aliphatic heterocycles. The second-order valence-electron chi connectivity index (χ2n) is 4.00. The Morgan fingerprint density at radius 1 is 1.05 bits per heavy atom. The van der Waals surface area contributed by atoms with Crippen LogP contribution in [0.1, 0.15) is 10.4 Å². The van der Waals surface area contributed by atoms with E-state index in [1.165, 1.54) is 4.90 Å². The van der Waals surface area contributed by atoms with Crippen LogP contribution in [0.3, 0.4) is 0 Å². The Morgan fingerprint density at radius 3 is 2.30 bits per heavy atom. The molecule has 0 atom stereocenters. The quantitative estimate of drug-likeness (QED) is 0.672. The monoisotopic (exact) mass is 302 g/mol. The van der Waals surface area contributed by atoms with E-state index in [-0.39, 0.29) is 11.0 Å². The second kappa shape index (κ2) is 7.07. The smallest absolute Gasteiger partial charge is 0.257 e. The van der Waals surface area contributed by atoms with Crippen LogP contribution in [0.25, 0.3) is 0 Å². The van der Waals surface area contributed by atoms with Gasteiger partial charge in [0.1, 0.15) is 0 Å². The summed E-state index contributed by atoms with van der Waals surface area (Å²) < 4.78 is 0. The topological polar surface area (TPSA) is 41.1 Å². The minimum absolute atomic E-state index is 0.219. The Morgan fingerprint density at radius 2 is 1.70 bits per heavy atom. The Hall–Kier alpha value is -1.85. The average molecular weight is 302 g/mol. The molecule has 20 heavy (non-hydrogen) atoms. The van der Waals surface area contributed by atoms with Gasteiger partial charge in [-0.25, -0.2) is 0 Å². The molecule has 2 N–H and O–H groups in total. The number of thiocarbonyl (C=S) groups is 1. The molecule has 0 aliphatic rings. The van der Waals surface area contributed by atoms with Gasteiger partial charge < -0.3 is 5.32 Å². The first-order chi connectivity index (χ1) is 9.69. The van der Waals surface area contributed by atoms with Gasteiger partial charge in [-0.05, 0) is 54.9 Å². The van der Waals surface area contributed by atoms with Crippen molar-refractivity contribution < 1.29 is 4.79 Å². The molecule has 2 rings (SSSR count). The molecule has 0 aliphatic carbocycles. The first-order valence-corrected chi connectivity index (χ1v) is 7.64. The molecular weight excluding hydrogens is 288 g/mol. The zero-order valence-corrected chi connectivity index (χ0v) is 12.6. The van der Waals surface area contributed by atoms with Crippen molar-refractivity contribution in [2.75, 3.05) is 11.6 Å². The minimum Gasteiger partial charge on any atom is -0.332 e. The van der Waals surface area contributed by atoms with Crippen molar-refractivity contribution in [1.29, 1.82) is 0 Å². The number of thioether (sulfide) groups is 1. The van der Waals surface area contributed by atoms with Crippen molar-refractivity contribution in [3.63, 3.8) is 0 Å². The summed E-state index contributed by atoms with van der Waals surface area (Å²) in [5.74, 6) is -0.219. The van der Waals surface area contributed by atoms with Crippen LogP contribution in [-0.2, 0) is 0 Å². The molecule has 0 saturated carbocycles. The standard InChI is InChI=1S/C15H14N2OS2/c1-20-13-9-7-12(8-10-13)16-15(19)17-14(18)11-5-3-2-4-6-11/h2-10H,1H3,(H2,16,17,18,19). The number of rotatable bonds is 3. The molecule has 0 heterocycles. The normalized spacial score (nSPS) is 9.85. The maximum absolute atomic E-state index is 11.9. The van der Waals surface area contributed by atoms with Crippen LogP contribution >= 0.6 is 24.0 Å². The summed E-state index contributed by atoms with van der Waals surface area (Å²) in [6.07, 6.45) is 2.02. The van der Waals surface area contributed by atoms with Crippen LogP contribution < -0.4 is 10.6 Å². The highest BCUT2D eigenvalue weighted by Crippen LogP contribution is 2.17. The van der Waals surface area contributed by atoms with Crippen LogP contribution in [0.5, 0.6) is 0 Å². The average Bonchev–Trinajstić information content (AvgIpc) is 2.49. The Bertz CT molecular complexity index is 597. The number of hydrogen-bond acceptors (Lipinski definition) is 3. The molecule has 0 aromatic heterocycles. The largest absolute Gasteiger partial charge is 0.332 e. The molecular formula is C15H14N2OS2. The molecule has 0 fully saturated rings. The van der Waals surface area contributed by atoms with Gasteiger partial charge in [0.05, 0.1) is 0 Å². The highest BCUT2D eigenvalue weighted by atomic mass is 32.2. The van der Waals surface area contributed by atoms with Crippen molar-refractivity contribution in [2.24, 2.45) is 0 Å². The van der Waals surface area contributed by atoms with Gasteiger partial charge in [-0.2, -0.15) is 0 Å². The third kappa shape index (κ3) is 4.08. The highest BCUT2D eigenvalue weighted by molar-refractivity contribution is 7.98. The van der Waals surface area contributed by atoms with Crippen molar-refractivity contribution in [1.82, 2.24) is 5.32 Å². The molecule has 0 saturated heterocycles. The second-order valence-corrected chi connectivity index (χ2v) is 5.29. The molecule has 3 nitrogen and oxygen atoms in total. The Kier molecular flexibility index (Phi) is 5.15. The van der Waals surface area contributed by atoms with E-state index in [4.69, 9.17) is 12.2 Å². The number of benzene rings is 2. The van der Waals surface area contributed by atoms with Gasteiger partial charge in [-0.3, -0.25) is 10.1 Å². The SMILES string of the molecule is CSc1ccc(NC(=S)NC(=O)c2ccccc2)cc1. The number of anilines is 1. The zero-order valence-electron chi connectivity index (χ0n) is 10.9. The molecule has 2 aromatic carbocycles. The van der Waals surface area contributed by atoms with Crippen molar-refractivity contribution >= 4 is 40.7 Å². The van der Waals surface area contributed by atoms with E-state index in [1.807, 2.05) is 48.7 Å². The van der Waals surface area contributed by atoms with Crippen LogP contribution in [0.4, 0.5) is 5.69 Å². The van der Waals surface area contributed by atoms with E-state index in [0.717, 1.165) is 5.69 Å². The van der Waals surface area contributed by atoms with E-state index >= 15 is 0 Å². The maximum atomic E-state index is 11.9. The minimum atomic E-state index is -0.219. The highest BCUT2D eigenvalue weighted by Gasteiger charge is 2.06. The summed E-state index contributed by atoms with van der Waals surface area (Å²) in [4.78, 5) is 13.1. The summed E-state index contributed by atoms with van der Waals surface area (Å²) in [7, 11) is 0. The predicted molar refractivity (Wildman–Crippen MR) is 88.4 cm³/mol. The van der Waals surface area contributed by atoms with E-state index in [9.17, 15) is 4.79 Å². The van der Waals surface area contributed by atoms with E-state index in [0.29, 0.717) is 5.56 Å². The first-order valence-electron chi connectivity index (χ1n) is 6.00. The van der Waals surface area contributed by atoms with Crippen LogP contribution in [0.15, 0.2) is 59.5 Å². The fourth-order valence-electron chi connectivity index (χ4n) is 1.60. The molecule has 0 bridgehead atoms. The van der Waals surface area contributed by atoms with Crippen molar-refractivity contribution in [2.45, 2.75) is 4.90 Å². The molecule has 1 amide bonds. The van der Waals surface area contributed by atoms with E-state index in [2.05, 4.69) is 10.6 Å². The van der Waals surface area contributed by atoms with Gasteiger partial charge in [0, 0.05) is 16.1 Å². The number of hydrogen-bond donors (Lipinski definition) is 2. The van der Waals surface area contributed by atoms with Gasteiger partial charge in [0.2, 0.25) is 0 Å². The van der Waals surface area contributed by atoms with E-state index in [1.54, 1.807) is 23.9 Å². The Balaban J connectivity index is 1.93. The first kappa shape index (κ1) is 14.6. The van der Waals surface area contributed by atoms with Crippen LogP contribution in [-0.4, -0.2) is 17.3 Å². The predicted octanol–water partition coefficient (Wildman–Crippen LogP) is 3.54. The summed E-state index contributed by atoms with van der Waals surface area (Å²) in [5.41, 5.74) is 1.43. The molecule has 0 spiro atoms. The van der Waals surface area contributed by atoms with Crippen molar-refractivity contribution in [3.8, 4) is 0 Å². The third-order valence-corrected chi connectivity index (χ3v) is 3.56. The number of carbonyl (C=O) groups excluding carboxylic acids is 1. The summed E-state index contributed by atoms with van der Waals surface area (Å²) >= 11 is 6.80. The number of carbonyl (C=O) groups is 1. The van der Waals surface area contributed by atoms with Gasteiger partial charge in [0.15, 0.2) is 5.11 Å². The molecule has 0 unspecified atom stereocenters. The molecule has 5 heteroatoms. The van der Waals surface area contributed by atoms with Gasteiger partial charge >= 0.3 is 0 Å². The summed E-state index contributed by atoms with van der Waals surface area (Å²) in [5, 5.41) is 5.92. The summed E-state index contributed by atoms with van der Waals surface area (Å²) in [6, 6.07) is 16.8. The molecule has 102 valence electrons. The van der Waals surface area contributed by atoms with Crippen molar-refractivity contribution in [3.05, 3.63) is 60.2 Å². The molecule has 0 radical (unpaired) electrons. The maximum Gasteiger partial charge on any atom is 0.257 e. The fraction of sp³-hybridized carbons (Fsp3) is 0.0667. The lowest BCUT2D eigenvalue weighted by molar-refractivity contribution is 0.0978. The zero-order chi connectivity index (χ0) is 14.4.